The van der Waals surface area contributed by atoms with Crippen molar-refractivity contribution in [2.24, 2.45) is 11.1 Å². The lowest BCUT2D eigenvalue weighted by atomic mass is 9.87. The number of hydrogen-bond acceptors (Lipinski definition) is 3. The van der Waals surface area contributed by atoms with Crippen molar-refractivity contribution in [3.8, 4) is 0 Å². The summed E-state index contributed by atoms with van der Waals surface area (Å²) < 4.78 is 0. The van der Waals surface area contributed by atoms with Crippen molar-refractivity contribution >= 4 is 24.0 Å². The first-order valence-electron chi connectivity index (χ1n) is 8.05. The zero-order valence-electron chi connectivity index (χ0n) is 14.7. The maximum absolute atomic E-state index is 12.2. The van der Waals surface area contributed by atoms with E-state index in [0.29, 0.717) is 13.1 Å². The Balaban J connectivity index is 0.00000264. The minimum Gasteiger partial charge on any atom is -0.330 e. The van der Waals surface area contributed by atoms with E-state index in [0.717, 1.165) is 25.2 Å². The van der Waals surface area contributed by atoms with Crippen LogP contribution in [0.5, 0.6) is 0 Å². The monoisotopic (exact) mass is 339 g/mol. The van der Waals surface area contributed by atoms with Crippen molar-refractivity contribution in [2.45, 2.75) is 39.5 Å². The average Bonchev–Trinajstić information content (AvgIpc) is 2.80. The summed E-state index contributed by atoms with van der Waals surface area (Å²) in [5.41, 5.74) is 8.23. The molecule has 5 heteroatoms. The van der Waals surface area contributed by atoms with Crippen LogP contribution < -0.4 is 11.1 Å². The second-order valence-electron chi connectivity index (χ2n) is 7.85. The predicted molar refractivity (Wildman–Crippen MR) is 99.2 cm³/mol. The van der Waals surface area contributed by atoms with Crippen LogP contribution in [0.1, 0.15) is 39.7 Å². The number of nitrogens with one attached hydrogen (secondary N) is 1. The normalized spacial score (nSPS) is 21.8. The smallest absolute Gasteiger partial charge is 0.238 e. The van der Waals surface area contributed by atoms with Crippen LogP contribution in [-0.4, -0.2) is 37.0 Å². The fourth-order valence-corrected chi connectivity index (χ4v) is 2.88. The van der Waals surface area contributed by atoms with Gasteiger partial charge >= 0.3 is 0 Å². The summed E-state index contributed by atoms with van der Waals surface area (Å²) in [6.45, 7) is 11.7. The molecule has 3 N–H and O–H groups in total. The number of hydrogen-bond donors (Lipinski definition) is 2. The van der Waals surface area contributed by atoms with Gasteiger partial charge in [0, 0.05) is 12.2 Å². The Morgan fingerprint density at radius 3 is 2.39 bits per heavy atom. The highest BCUT2D eigenvalue weighted by atomic mass is 35.5. The van der Waals surface area contributed by atoms with Gasteiger partial charge in [-0.3, -0.25) is 9.69 Å². The highest BCUT2D eigenvalue weighted by molar-refractivity contribution is 5.92. The Labute approximate surface area is 146 Å². The molecule has 1 unspecified atom stereocenters. The molecule has 1 atom stereocenters. The van der Waals surface area contributed by atoms with E-state index >= 15 is 0 Å². The van der Waals surface area contributed by atoms with Gasteiger partial charge < -0.3 is 11.1 Å². The number of rotatable bonds is 4. The van der Waals surface area contributed by atoms with E-state index in [9.17, 15) is 4.79 Å². The van der Waals surface area contributed by atoms with Gasteiger partial charge in [0.2, 0.25) is 5.91 Å². The summed E-state index contributed by atoms with van der Waals surface area (Å²) in [5.74, 6) is 0.0461. The number of amides is 1. The molecule has 1 aliphatic rings. The van der Waals surface area contributed by atoms with Crippen molar-refractivity contribution in [3.63, 3.8) is 0 Å². The standard InChI is InChI=1S/C18H29N3O.ClH/c1-17(2,3)14-5-7-15(8-6-14)20-16(22)11-21-10-9-18(4,12-19)13-21;/h5-8H,9-13,19H2,1-4H3,(H,20,22);1H. The molecule has 1 aromatic rings. The second-order valence-corrected chi connectivity index (χ2v) is 7.85. The number of nitrogens with zero attached hydrogens (tertiary/aromatic N) is 1. The Morgan fingerprint density at radius 1 is 1.30 bits per heavy atom. The van der Waals surface area contributed by atoms with Crippen LogP contribution in [0.4, 0.5) is 5.69 Å². The third kappa shape index (κ3) is 5.48. The van der Waals surface area contributed by atoms with Crippen molar-refractivity contribution in [2.75, 3.05) is 31.5 Å². The van der Waals surface area contributed by atoms with Gasteiger partial charge in [-0.05, 0) is 48.0 Å². The Kier molecular flexibility index (Phi) is 6.63. The van der Waals surface area contributed by atoms with E-state index < -0.39 is 0 Å². The van der Waals surface area contributed by atoms with Gasteiger partial charge in [-0.2, -0.15) is 0 Å². The van der Waals surface area contributed by atoms with Crippen molar-refractivity contribution in [3.05, 3.63) is 29.8 Å². The Hall–Kier alpha value is -1.10. The topological polar surface area (TPSA) is 58.4 Å². The van der Waals surface area contributed by atoms with Crippen LogP contribution in [0.3, 0.4) is 0 Å². The summed E-state index contributed by atoms with van der Waals surface area (Å²) in [7, 11) is 0. The van der Waals surface area contributed by atoms with Gasteiger partial charge in [0.1, 0.15) is 0 Å². The lowest BCUT2D eigenvalue weighted by Gasteiger charge is -2.22. The van der Waals surface area contributed by atoms with Crippen molar-refractivity contribution < 1.29 is 4.79 Å². The molecule has 1 saturated heterocycles. The molecule has 1 heterocycles. The fourth-order valence-electron chi connectivity index (χ4n) is 2.88. The predicted octanol–water partition coefficient (Wildman–Crippen LogP) is 3.02. The lowest BCUT2D eigenvalue weighted by molar-refractivity contribution is -0.117. The molecule has 4 nitrogen and oxygen atoms in total. The summed E-state index contributed by atoms with van der Waals surface area (Å²) >= 11 is 0. The SMILES string of the molecule is CC1(CN)CCN(CC(=O)Nc2ccc(C(C)(C)C)cc2)C1.Cl. The summed E-state index contributed by atoms with van der Waals surface area (Å²) in [6, 6.07) is 8.12. The molecular formula is C18H30ClN3O. The van der Waals surface area contributed by atoms with E-state index in [-0.39, 0.29) is 29.1 Å². The third-order valence-electron chi connectivity index (χ3n) is 4.53. The highest BCUT2D eigenvalue weighted by Crippen LogP contribution is 2.28. The van der Waals surface area contributed by atoms with Gasteiger partial charge in [0.15, 0.2) is 0 Å². The van der Waals surface area contributed by atoms with Gasteiger partial charge in [-0.25, -0.2) is 0 Å². The first-order valence-corrected chi connectivity index (χ1v) is 8.05. The van der Waals surface area contributed by atoms with Crippen LogP contribution in [0.2, 0.25) is 0 Å². The largest absolute Gasteiger partial charge is 0.330 e. The van der Waals surface area contributed by atoms with Gasteiger partial charge in [0.25, 0.3) is 0 Å². The first kappa shape index (κ1) is 19.9. The number of nitrogens with two attached hydrogens (primary N) is 1. The summed E-state index contributed by atoms with van der Waals surface area (Å²) in [6.07, 6.45) is 1.07. The first-order chi connectivity index (χ1) is 10.2. The van der Waals surface area contributed by atoms with Gasteiger partial charge in [0.05, 0.1) is 6.54 Å². The van der Waals surface area contributed by atoms with Crippen molar-refractivity contribution in [1.29, 1.82) is 0 Å². The van der Waals surface area contributed by atoms with Crippen LogP contribution in [0, 0.1) is 5.41 Å². The zero-order valence-corrected chi connectivity index (χ0v) is 15.5. The average molecular weight is 340 g/mol. The quantitative estimate of drug-likeness (QED) is 0.886. The minimum absolute atomic E-state index is 0. The van der Waals surface area contributed by atoms with Crippen LogP contribution in [-0.2, 0) is 10.2 Å². The molecule has 0 bridgehead atoms. The minimum atomic E-state index is 0. The molecule has 0 radical (unpaired) electrons. The Bertz CT molecular complexity index is 524. The molecule has 1 aromatic carbocycles. The molecule has 1 amide bonds. The molecular weight excluding hydrogens is 310 g/mol. The Morgan fingerprint density at radius 2 is 1.91 bits per heavy atom. The fraction of sp³-hybridized carbons (Fsp3) is 0.611. The van der Waals surface area contributed by atoms with Gasteiger partial charge in [-0.15, -0.1) is 12.4 Å². The molecule has 1 aliphatic heterocycles. The molecule has 0 saturated carbocycles. The number of anilines is 1. The molecule has 23 heavy (non-hydrogen) atoms. The molecule has 0 aliphatic carbocycles. The van der Waals surface area contributed by atoms with Crippen LogP contribution in [0.25, 0.3) is 0 Å². The number of benzene rings is 1. The molecule has 0 spiro atoms. The maximum Gasteiger partial charge on any atom is 0.238 e. The van der Waals surface area contributed by atoms with E-state index in [2.05, 4.69) is 50.0 Å². The molecule has 130 valence electrons. The zero-order chi connectivity index (χ0) is 16.4. The molecule has 1 fully saturated rings. The van der Waals surface area contributed by atoms with E-state index in [4.69, 9.17) is 5.73 Å². The number of likely N-dealkylation sites (tertiary alicyclic amines) is 1. The summed E-state index contributed by atoms with van der Waals surface area (Å²) in [4.78, 5) is 14.4. The van der Waals surface area contributed by atoms with E-state index in [1.165, 1.54) is 5.56 Å². The summed E-state index contributed by atoms with van der Waals surface area (Å²) in [5, 5.41) is 2.98. The molecule has 0 aromatic heterocycles. The van der Waals surface area contributed by atoms with Gasteiger partial charge in [-0.1, -0.05) is 39.8 Å². The third-order valence-corrected chi connectivity index (χ3v) is 4.53. The highest BCUT2D eigenvalue weighted by Gasteiger charge is 2.33. The van der Waals surface area contributed by atoms with Crippen LogP contribution in [0.15, 0.2) is 24.3 Å². The lowest BCUT2D eigenvalue weighted by Crippen LogP contribution is -2.35. The number of carbonyl (C=O) groups is 1. The molecule has 2 rings (SSSR count). The van der Waals surface area contributed by atoms with Crippen LogP contribution >= 0.6 is 12.4 Å². The van der Waals surface area contributed by atoms with E-state index in [1.807, 2.05) is 12.1 Å². The van der Waals surface area contributed by atoms with E-state index in [1.54, 1.807) is 0 Å². The number of halogens is 1. The number of carbonyl (C=O) groups excluding carboxylic acids is 1. The van der Waals surface area contributed by atoms with Crippen molar-refractivity contribution in [1.82, 2.24) is 4.90 Å². The second kappa shape index (κ2) is 7.65. The maximum atomic E-state index is 12.2.